The van der Waals surface area contributed by atoms with Crippen molar-refractivity contribution in [3.05, 3.63) is 35.4 Å². The van der Waals surface area contributed by atoms with Crippen LogP contribution in [0, 0.1) is 0 Å². The summed E-state index contributed by atoms with van der Waals surface area (Å²) in [4.78, 5) is 4.27. The molecule has 3 rings (SSSR count). The van der Waals surface area contributed by atoms with Gasteiger partial charge in [0.05, 0.1) is 10.7 Å². The zero-order valence-corrected chi connectivity index (χ0v) is 10.1. The van der Waals surface area contributed by atoms with Gasteiger partial charge in [0.15, 0.2) is 0 Å². The van der Waals surface area contributed by atoms with Gasteiger partial charge in [0, 0.05) is 11.6 Å². The SMILES string of the molecule is CC1=NCn2nc(-c3ccccc3Cl)cc2N1. The average Bonchev–Trinajstić information content (AvgIpc) is 2.72. The Hall–Kier alpha value is -1.81. The van der Waals surface area contributed by atoms with Crippen LogP contribution in [0.2, 0.25) is 5.02 Å². The molecule has 0 atom stereocenters. The molecule has 5 heteroatoms. The van der Waals surface area contributed by atoms with E-state index >= 15 is 0 Å². The Morgan fingerprint density at radius 2 is 2.18 bits per heavy atom. The van der Waals surface area contributed by atoms with Gasteiger partial charge in [-0.2, -0.15) is 5.10 Å². The van der Waals surface area contributed by atoms with Gasteiger partial charge in [-0.3, -0.25) is 0 Å². The van der Waals surface area contributed by atoms with Crippen molar-refractivity contribution in [1.82, 2.24) is 9.78 Å². The van der Waals surface area contributed by atoms with Crippen molar-refractivity contribution in [2.45, 2.75) is 13.6 Å². The number of hydrogen-bond acceptors (Lipinski definition) is 3. The van der Waals surface area contributed by atoms with Gasteiger partial charge in [0.1, 0.15) is 18.3 Å². The summed E-state index contributed by atoms with van der Waals surface area (Å²) < 4.78 is 1.83. The largest absolute Gasteiger partial charge is 0.329 e. The van der Waals surface area contributed by atoms with E-state index in [4.69, 9.17) is 11.6 Å². The molecule has 0 spiro atoms. The third kappa shape index (κ3) is 1.80. The van der Waals surface area contributed by atoms with Crippen LogP contribution in [-0.4, -0.2) is 15.6 Å². The standard InChI is InChI=1S/C12H11ClN4/c1-8-14-7-17-12(15-8)6-11(16-17)9-4-2-3-5-10(9)13/h2-6H,7H2,1H3,(H,14,15). The lowest BCUT2D eigenvalue weighted by atomic mass is 10.1. The summed E-state index contributed by atoms with van der Waals surface area (Å²) in [5.74, 6) is 1.86. The molecule has 0 fully saturated rings. The fraction of sp³-hybridized carbons (Fsp3) is 0.167. The summed E-state index contributed by atoms with van der Waals surface area (Å²) in [6.07, 6.45) is 0. The van der Waals surface area contributed by atoms with Crippen LogP contribution in [0.4, 0.5) is 5.82 Å². The molecule has 0 bridgehead atoms. The minimum atomic E-state index is 0.554. The maximum Gasteiger partial charge on any atom is 0.135 e. The Kier molecular flexibility index (Phi) is 2.37. The van der Waals surface area contributed by atoms with Gasteiger partial charge >= 0.3 is 0 Å². The van der Waals surface area contributed by atoms with Crippen LogP contribution in [0.3, 0.4) is 0 Å². The zero-order valence-electron chi connectivity index (χ0n) is 9.31. The molecular weight excluding hydrogens is 236 g/mol. The molecule has 17 heavy (non-hydrogen) atoms. The van der Waals surface area contributed by atoms with Crippen LogP contribution in [0.15, 0.2) is 35.3 Å². The van der Waals surface area contributed by atoms with Crippen molar-refractivity contribution >= 4 is 23.3 Å². The fourth-order valence-electron chi connectivity index (χ4n) is 1.82. The molecule has 4 nitrogen and oxygen atoms in total. The molecule has 2 heterocycles. The number of anilines is 1. The molecule has 0 aliphatic carbocycles. The highest BCUT2D eigenvalue weighted by Crippen LogP contribution is 2.29. The summed E-state index contributed by atoms with van der Waals surface area (Å²) in [7, 11) is 0. The predicted octanol–water partition coefficient (Wildman–Crippen LogP) is 3.00. The second-order valence-electron chi connectivity index (χ2n) is 3.90. The summed E-state index contributed by atoms with van der Waals surface area (Å²) in [5, 5.41) is 8.36. The van der Waals surface area contributed by atoms with E-state index in [1.54, 1.807) is 0 Å². The number of hydrogen-bond donors (Lipinski definition) is 1. The number of benzene rings is 1. The lowest BCUT2D eigenvalue weighted by Crippen LogP contribution is -2.18. The van der Waals surface area contributed by atoms with Crippen LogP contribution in [0.25, 0.3) is 11.3 Å². The molecule has 1 aliphatic rings. The number of fused-ring (bicyclic) bond motifs is 1. The minimum Gasteiger partial charge on any atom is -0.329 e. The van der Waals surface area contributed by atoms with Gasteiger partial charge in [-0.15, -0.1) is 0 Å². The smallest absolute Gasteiger partial charge is 0.135 e. The second kappa shape index (κ2) is 3.89. The summed E-state index contributed by atoms with van der Waals surface area (Å²) in [5.41, 5.74) is 1.80. The van der Waals surface area contributed by atoms with E-state index in [1.807, 2.05) is 41.9 Å². The van der Waals surface area contributed by atoms with Crippen molar-refractivity contribution in [3.63, 3.8) is 0 Å². The number of rotatable bonds is 1. The van der Waals surface area contributed by atoms with Crippen molar-refractivity contribution in [2.75, 3.05) is 5.32 Å². The van der Waals surface area contributed by atoms with Crippen LogP contribution >= 0.6 is 11.6 Å². The van der Waals surface area contributed by atoms with E-state index in [0.29, 0.717) is 11.7 Å². The number of nitrogens with one attached hydrogen (secondary N) is 1. The molecule has 0 saturated carbocycles. The monoisotopic (exact) mass is 246 g/mol. The molecule has 1 aliphatic heterocycles. The van der Waals surface area contributed by atoms with Gasteiger partial charge < -0.3 is 5.32 Å². The number of halogens is 1. The fourth-order valence-corrected chi connectivity index (χ4v) is 2.06. The molecule has 1 aromatic heterocycles. The predicted molar refractivity (Wildman–Crippen MR) is 69.4 cm³/mol. The van der Waals surface area contributed by atoms with E-state index < -0.39 is 0 Å². The third-order valence-corrected chi connectivity index (χ3v) is 3.01. The number of aromatic nitrogens is 2. The number of amidine groups is 1. The maximum atomic E-state index is 6.15. The topological polar surface area (TPSA) is 42.2 Å². The van der Waals surface area contributed by atoms with Gasteiger partial charge in [0.2, 0.25) is 0 Å². The van der Waals surface area contributed by atoms with E-state index in [0.717, 1.165) is 22.9 Å². The van der Waals surface area contributed by atoms with E-state index in [9.17, 15) is 0 Å². The van der Waals surface area contributed by atoms with Crippen LogP contribution in [0.1, 0.15) is 6.92 Å². The Bertz CT molecular complexity index is 600. The minimum absolute atomic E-state index is 0.554. The highest BCUT2D eigenvalue weighted by Gasteiger charge is 2.14. The van der Waals surface area contributed by atoms with E-state index in [2.05, 4.69) is 15.4 Å². The van der Waals surface area contributed by atoms with Gasteiger partial charge in [-0.1, -0.05) is 29.8 Å². The first-order valence-electron chi connectivity index (χ1n) is 5.35. The molecule has 0 radical (unpaired) electrons. The molecular formula is C12H11ClN4. The Morgan fingerprint density at radius 1 is 1.35 bits per heavy atom. The highest BCUT2D eigenvalue weighted by molar-refractivity contribution is 6.33. The molecule has 0 unspecified atom stereocenters. The third-order valence-electron chi connectivity index (χ3n) is 2.68. The van der Waals surface area contributed by atoms with Crippen molar-refractivity contribution in [1.29, 1.82) is 0 Å². The van der Waals surface area contributed by atoms with Crippen LogP contribution < -0.4 is 5.32 Å². The Morgan fingerprint density at radius 3 is 3.00 bits per heavy atom. The van der Waals surface area contributed by atoms with Crippen molar-refractivity contribution in [3.8, 4) is 11.3 Å². The highest BCUT2D eigenvalue weighted by atomic mass is 35.5. The summed E-state index contributed by atoms with van der Waals surface area (Å²) >= 11 is 6.15. The summed E-state index contributed by atoms with van der Waals surface area (Å²) in [6.45, 7) is 2.49. The Balaban J connectivity index is 2.05. The zero-order chi connectivity index (χ0) is 11.8. The van der Waals surface area contributed by atoms with E-state index in [1.165, 1.54) is 0 Å². The molecule has 1 N–H and O–H groups in total. The molecule has 86 valence electrons. The molecule has 0 amide bonds. The first-order chi connectivity index (χ1) is 8.24. The summed E-state index contributed by atoms with van der Waals surface area (Å²) in [6, 6.07) is 9.68. The van der Waals surface area contributed by atoms with Gasteiger partial charge in [0.25, 0.3) is 0 Å². The van der Waals surface area contributed by atoms with Crippen molar-refractivity contribution in [2.24, 2.45) is 4.99 Å². The normalized spacial score (nSPS) is 13.9. The Labute approximate surface area is 104 Å². The van der Waals surface area contributed by atoms with Crippen LogP contribution in [-0.2, 0) is 6.67 Å². The van der Waals surface area contributed by atoms with Gasteiger partial charge in [-0.25, -0.2) is 9.67 Å². The average molecular weight is 247 g/mol. The second-order valence-corrected chi connectivity index (χ2v) is 4.31. The maximum absolute atomic E-state index is 6.15. The quantitative estimate of drug-likeness (QED) is 0.841. The van der Waals surface area contributed by atoms with Gasteiger partial charge in [-0.05, 0) is 13.0 Å². The molecule has 2 aromatic rings. The molecule has 0 saturated heterocycles. The molecule has 1 aromatic carbocycles. The van der Waals surface area contributed by atoms with Crippen molar-refractivity contribution < 1.29 is 0 Å². The van der Waals surface area contributed by atoms with E-state index in [-0.39, 0.29) is 0 Å². The first-order valence-corrected chi connectivity index (χ1v) is 5.72. The first kappa shape index (κ1) is 10.4. The lowest BCUT2D eigenvalue weighted by Gasteiger charge is -2.12. The van der Waals surface area contributed by atoms with Crippen LogP contribution in [0.5, 0.6) is 0 Å². The lowest BCUT2D eigenvalue weighted by molar-refractivity contribution is 0.640. The number of nitrogens with zero attached hydrogens (tertiary/aromatic N) is 3. The number of aliphatic imine (C=N–C) groups is 1.